The fraction of sp³-hybridized carbons (Fsp3) is 0.444. The average molecular weight is 430 g/mol. The van der Waals surface area contributed by atoms with Crippen molar-refractivity contribution in [3.05, 3.63) is 64.7 Å². The molecule has 164 valence electrons. The van der Waals surface area contributed by atoms with Crippen molar-refractivity contribution in [3.63, 3.8) is 0 Å². The van der Waals surface area contributed by atoms with E-state index in [-0.39, 0.29) is 17.6 Å². The van der Waals surface area contributed by atoms with Gasteiger partial charge in [0.2, 0.25) is 0 Å². The van der Waals surface area contributed by atoms with E-state index in [9.17, 15) is 15.0 Å². The molecule has 1 saturated heterocycles. The number of carbonyl (C=O) groups excluding carboxylic acids is 1. The Morgan fingerprint density at radius 3 is 2.75 bits per heavy atom. The van der Waals surface area contributed by atoms with Crippen LogP contribution in [0.5, 0.6) is 11.5 Å². The summed E-state index contributed by atoms with van der Waals surface area (Å²) in [6.45, 7) is 1.86. The van der Waals surface area contributed by atoms with Gasteiger partial charge in [0.05, 0.1) is 11.0 Å². The first-order chi connectivity index (χ1) is 15.5. The van der Waals surface area contributed by atoms with Gasteiger partial charge >= 0.3 is 0 Å². The zero-order chi connectivity index (χ0) is 21.7. The van der Waals surface area contributed by atoms with E-state index >= 15 is 0 Å². The number of hydrogen-bond acceptors (Lipinski definition) is 5. The largest absolute Gasteiger partial charge is 0.504 e. The van der Waals surface area contributed by atoms with Gasteiger partial charge in [-0.15, -0.1) is 0 Å². The molecule has 5 heteroatoms. The van der Waals surface area contributed by atoms with Gasteiger partial charge < -0.3 is 14.9 Å². The van der Waals surface area contributed by atoms with Crippen molar-refractivity contribution in [3.8, 4) is 11.5 Å². The van der Waals surface area contributed by atoms with E-state index in [2.05, 4.69) is 4.90 Å². The lowest BCUT2D eigenvalue weighted by molar-refractivity contribution is -0.179. The van der Waals surface area contributed by atoms with Crippen molar-refractivity contribution in [2.45, 2.75) is 55.3 Å². The lowest BCUT2D eigenvalue weighted by Gasteiger charge is -2.62. The standard InChI is InChI=1S/C27H27NO4/c29-20-9-8-18-13-21-27(31)14-19(12-16-4-2-1-3-5-16)23(30)25-26(27,22(18)24(20)32-25)10-11-28(21)15-17-6-7-17/h1-5,8-9,12,17,21,25,29,31H,6-7,10-11,13-15H2/b19-12+/t21-,25?,26+,27-/m1/s1. The van der Waals surface area contributed by atoms with E-state index in [1.54, 1.807) is 6.07 Å². The van der Waals surface area contributed by atoms with Gasteiger partial charge in [-0.05, 0) is 61.4 Å². The lowest BCUT2D eigenvalue weighted by atomic mass is 9.48. The Morgan fingerprint density at radius 1 is 1.16 bits per heavy atom. The normalized spacial score (nSPS) is 36.2. The summed E-state index contributed by atoms with van der Waals surface area (Å²) in [7, 11) is 0. The Bertz CT molecular complexity index is 1170. The Balaban J connectivity index is 1.42. The molecule has 3 fully saturated rings. The van der Waals surface area contributed by atoms with Crippen LogP contribution >= 0.6 is 0 Å². The minimum absolute atomic E-state index is 0.0572. The highest BCUT2D eigenvalue weighted by atomic mass is 16.5. The lowest BCUT2D eigenvalue weighted by Crippen LogP contribution is -2.77. The molecule has 0 radical (unpaired) electrons. The number of aliphatic hydroxyl groups is 1. The Labute approximate surface area is 187 Å². The third-order valence-corrected chi connectivity index (χ3v) is 8.67. The average Bonchev–Trinajstić information content (AvgIpc) is 3.52. The van der Waals surface area contributed by atoms with Crippen LogP contribution in [0.3, 0.4) is 0 Å². The van der Waals surface area contributed by atoms with E-state index in [0.717, 1.165) is 42.1 Å². The van der Waals surface area contributed by atoms with E-state index in [0.29, 0.717) is 24.2 Å². The van der Waals surface area contributed by atoms with Gasteiger partial charge in [0.25, 0.3) is 0 Å². The number of hydrogen-bond donors (Lipinski definition) is 2. The first-order valence-electron chi connectivity index (χ1n) is 11.8. The SMILES string of the molecule is O=C1/C(=C/c2ccccc2)C[C@@]2(O)[C@H]3Cc4ccc(O)c5c4[C@@]2(CCN3CC2CC2)C1O5. The van der Waals surface area contributed by atoms with Gasteiger partial charge in [0.1, 0.15) is 0 Å². The number of piperidine rings is 1. The second-order valence-electron chi connectivity index (χ2n) is 10.4. The van der Waals surface area contributed by atoms with Crippen molar-refractivity contribution in [1.82, 2.24) is 4.90 Å². The number of ketones is 1. The summed E-state index contributed by atoms with van der Waals surface area (Å²) >= 11 is 0. The molecule has 2 N–H and O–H groups in total. The Morgan fingerprint density at radius 2 is 1.97 bits per heavy atom. The number of aromatic hydroxyl groups is 1. The highest BCUT2D eigenvalue weighted by Crippen LogP contribution is 2.65. The second-order valence-corrected chi connectivity index (χ2v) is 10.4. The number of likely N-dealkylation sites (tertiary alicyclic amines) is 1. The molecule has 2 heterocycles. The summed E-state index contributed by atoms with van der Waals surface area (Å²) in [5.41, 5.74) is 1.67. The molecule has 2 saturated carbocycles. The Kier molecular flexibility index (Phi) is 3.68. The molecule has 2 aromatic carbocycles. The van der Waals surface area contributed by atoms with Crippen LogP contribution in [0.1, 0.15) is 42.4 Å². The predicted octanol–water partition coefficient (Wildman–Crippen LogP) is 3.22. The van der Waals surface area contributed by atoms with Gasteiger partial charge in [-0.3, -0.25) is 9.69 Å². The molecule has 2 bridgehead atoms. The molecule has 0 aromatic heterocycles. The fourth-order valence-electron chi connectivity index (χ4n) is 7.06. The zero-order valence-corrected chi connectivity index (χ0v) is 18.0. The van der Waals surface area contributed by atoms with Crippen LogP contribution in [-0.4, -0.2) is 51.7 Å². The van der Waals surface area contributed by atoms with E-state index < -0.39 is 17.1 Å². The molecule has 3 aliphatic carbocycles. The first-order valence-corrected chi connectivity index (χ1v) is 11.8. The van der Waals surface area contributed by atoms with Crippen LogP contribution in [0.15, 0.2) is 48.0 Å². The number of phenolic OH excluding ortho intramolecular Hbond substituents is 1. The quantitative estimate of drug-likeness (QED) is 0.734. The summed E-state index contributed by atoms with van der Waals surface area (Å²) in [6.07, 6.45) is 5.37. The maximum absolute atomic E-state index is 13.8. The zero-order valence-electron chi connectivity index (χ0n) is 18.0. The summed E-state index contributed by atoms with van der Waals surface area (Å²) in [4.78, 5) is 16.3. The maximum Gasteiger partial charge on any atom is 0.200 e. The number of benzene rings is 2. The molecule has 1 spiro atoms. The van der Waals surface area contributed by atoms with Crippen LogP contribution in [0.4, 0.5) is 0 Å². The molecular formula is C27H27NO4. The molecule has 2 aliphatic heterocycles. The van der Waals surface area contributed by atoms with Gasteiger partial charge in [-0.25, -0.2) is 0 Å². The second kappa shape index (κ2) is 6.24. The van der Waals surface area contributed by atoms with E-state index in [4.69, 9.17) is 4.74 Å². The minimum Gasteiger partial charge on any atom is -0.504 e. The van der Waals surface area contributed by atoms with Gasteiger partial charge in [0.15, 0.2) is 23.4 Å². The van der Waals surface area contributed by atoms with Crippen LogP contribution < -0.4 is 4.74 Å². The molecule has 32 heavy (non-hydrogen) atoms. The molecule has 2 aromatic rings. The number of nitrogens with zero attached hydrogens (tertiary/aromatic N) is 1. The van der Waals surface area contributed by atoms with Crippen molar-refractivity contribution in [1.29, 1.82) is 0 Å². The predicted molar refractivity (Wildman–Crippen MR) is 120 cm³/mol. The van der Waals surface area contributed by atoms with Crippen molar-refractivity contribution >= 4 is 11.9 Å². The monoisotopic (exact) mass is 429 g/mol. The highest BCUT2D eigenvalue weighted by molar-refractivity contribution is 6.06. The topological polar surface area (TPSA) is 70.0 Å². The summed E-state index contributed by atoms with van der Waals surface area (Å²) in [5, 5.41) is 23.2. The summed E-state index contributed by atoms with van der Waals surface area (Å²) in [6, 6.07) is 13.4. The third-order valence-electron chi connectivity index (χ3n) is 8.67. The molecular weight excluding hydrogens is 402 g/mol. The van der Waals surface area contributed by atoms with Crippen molar-refractivity contribution < 1.29 is 19.7 Å². The summed E-state index contributed by atoms with van der Waals surface area (Å²) in [5.74, 6) is 1.14. The van der Waals surface area contributed by atoms with Gasteiger partial charge in [-0.1, -0.05) is 36.4 Å². The van der Waals surface area contributed by atoms with Crippen molar-refractivity contribution in [2.24, 2.45) is 5.92 Å². The molecule has 1 unspecified atom stereocenters. The van der Waals surface area contributed by atoms with Crippen LogP contribution in [0.2, 0.25) is 0 Å². The van der Waals surface area contributed by atoms with Crippen LogP contribution in [0.25, 0.3) is 6.08 Å². The molecule has 5 aliphatic rings. The number of phenols is 1. The van der Waals surface area contributed by atoms with E-state index in [1.165, 1.54) is 12.8 Å². The molecule has 5 nitrogen and oxygen atoms in total. The molecule has 4 atom stereocenters. The highest BCUT2D eigenvalue weighted by Gasteiger charge is 2.74. The number of Topliss-reactive ketones (excluding diaryl/α,β-unsaturated/α-hetero) is 1. The van der Waals surface area contributed by atoms with Crippen molar-refractivity contribution in [2.75, 3.05) is 13.1 Å². The summed E-state index contributed by atoms with van der Waals surface area (Å²) < 4.78 is 6.26. The molecule has 0 amide bonds. The van der Waals surface area contributed by atoms with Gasteiger partial charge in [-0.2, -0.15) is 0 Å². The number of ether oxygens (including phenoxy) is 1. The van der Waals surface area contributed by atoms with Crippen LogP contribution in [0, 0.1) is 5.92 Å². The smallest absolute Gasteiger partial charge is 0.200 e. The fourth-order valence-corrected chi connectivity index (χ4v) is 7.06. The number of rotatable bonds is 3. The van der Waals surface area contributed by atoms with Crippen LogP contribution in [-0.2, 0) is 16.6 Å². The maximum atomic E-state index is 13.8. The van der Waals surface area contributed by atoms with Gasteiger partial charge in [0, 0.05) is 30.1 Å². The number of carbonyl (C=O) groups is 1. The third kappa shape index (κ3) is 2.28. The minimum atomic E-state index is -1.11. The first kappa shape index (κ1) is 18.9. The van der Waals surface area contributed by atoms with E-state index in [1.807, 2.05) is 42.5 Å². The molecule has 7 rings (SSSR count). The Hall–Kier alpha value is -2.63.